The van der Waals surface area contributed by atoms with E-state index in [2.05, 4.69) is 23.0 Å². The highest BCUT2D eigenvalue weighted by Gasteiger charge is 2.16. The van der Waals surface area contributed by atoms with Gasteiger partial charge in [0, 0.05) is 11.6 Å². The van der Waals surface area contributed by atoms with E-state index in [1.54, 1.807) is 6.20 Å². The molecule has 128 valence electrons. The maximum Gasteiger partial charge on any atom is 0.258 e. The van der Waals surface area contributed by atoms with Gasteiger partial charge in [0.1, 0.15) is 6.07 Å². The first-order chi connectivity index (χ1) is 12.1. The zero-order valence-corrected chi connectivity index (χ0v) is 15.0. The van der Waals surface area contributed by atoms with Gasteiger partial charge in [-0.25, -0.2) is 0 Å². The Morgan fingerprint density at radius 1 is 1.40 bits per heavy atom. The third kappa shape index (κ3) is 3.77. The van der Waals surface area contributed by atoms with Crippen molar-refractivity contribution < 1.29 is 4.79 Å². The maximum absolute atomic E-state index is 11.4. The Labute approximate surface area is 149 Å². The first-order valence-corrected chi connectivity index (χ1v) is 9.81. The fourth-order valence-electron chi connectivity index (χ4n) is 2.94. The summed E-state index contributed by atoms with van der Waals surface area (Å²) in [6, 6.07) is 8.25. The Hall–Kier alpha value is -2.52. The molecule has 2 heterocycles. The number of hydrogen-bond donors (Lipinski definition) is 1. The average molecular weight is 352 g/mol. The number of aliphatic imine (C=N–C) groups is 1. The van der Waals surface area contributed by atoms with E-state index in [0.29, 0.717) is 16.5 Å². The van der Waals surface area contributed by atoms with Crippen LogP contribution in [0.15, 0.2) is 29.4 Å². The van der Waals surface area contributed by atoms with Gasteiger partial charge in [-0.15, -0.1) is 10.5 Å². The summed E-state index contributed by atoms with van der Waals surface area (Å²) in [7, 11) is -0.449. The third-order valence-corrected chi connectivity index (χ3v) is 5.96. The number of nitriles is 1. The van der Waals surface area contributed by atoms with Crippen LogP contribution in [0.25, 0.3) is 10.9 Å². The Morgan fingerprint density at radius 3 is 2.92 bits per heavy atom. The number of benzene rings is 1. The molecule has 2 N–H and O–H groups in total. The van der Waals surface area contributed by atoms with E-state index in [1.807, 2.05) is 23.6 Å². The number of amidine groups is 1. The van der Waals surface area contributed by atoms with Crippen LogP contribution < -0.4 is 5.73 Å². The number of aryl methyl sites for hydroxylation is 1. The molecular formula is C19H20N4OS. The number of carbonyl (C=O) groups is 1. The predicted octanol–water partition coefficient (Wildman–Crippen LogP) is 3.11. The lowest BCUT2D eigenvalue weighted by atomic mass is 9.97. The second kappa shape index (κ2) is 7.58. The maximum atomic E-state index is 11.4. The van der Waals surface area contributed by atoms with E-state index in [0.717, 1.165) is 47.7 Å². The molecule has 0 aliphatic carbocycles. The number of nitrogens with two attached hydrogens (primary N) is 1. The highest BCUT2D eigenvalue weighted by atomic mass is 32.2. The van der Waals surface area contributed by atoms with Gasteiger partial charge in [-0.1, -0.05) is 25.8 Å². The summed E-state index contributed by atoms with van der Waals surface area (Å²) < 4.78 is 0. The highest BCUT2D eigenvalue weighted by molar-refractivity contribution is 8.28. The SMILES string of the molecule is CCCCCc1c(C#N)cnc2ccc(C=S3CC(=O)N=C3N)cc12. The summed E-state index contributed by atoms with van der Waals surface area (Å²) in [6.07, 6.45) is 5.86. The standard InChI is InChI=1S/C19H20N4OS/c1-2-3-4-5-15-14(9-20)10-22-17-7-6-13(8-16(15)17)11-25-12-18(24)23-19(25)21/h6-8,10-11H,2-5,12H2,1H3,(H2,21,23,24). The Morgan fingerprint density at radius 2 is 2.24 bits per heavy atom. The van der Waals surface area contributed by atoms with E-state index in [1.165, 1.54) is 0 Å². The summed E-state index contributed by atoms with van der Waals surface area (Å²) in [4.78, 5) is 19.6. The molecular weight excluding hydrogens is 332 g/mol. The van der Waals surface area contributed by atoms with Gasteiger partial charge in [0.15, 0.2) is 5.17 Å². The normalized spacial score (nSPS) is 17.0. The van der Waals surface area contributed by atoms with Crippen molar-refractivity contribution in [2.45, 2.75) is 32.6 Å². The van der Waals surface area contributed by atoms with Crippen molar-refractivity contribution in [1.29, 1.82) is 5.26 Å². The lowest BCUT2D eigenvalue weighted by molar-refractivity contribution is -0.115. The van der Waals surface area contributed by atoms with Gasteiger partial charge in [-0.05, 0) is 41.5 Å². The predicted molar refractivity (Wildman–Crippen MR) is 104 cm³/mol. The Bertz CT molecular complexity index is 940. The van der Waals surface area contributed by atoms with Crippen molar-refractivity contribution in [2.24, 2.45) is 10.7 Å². The van der Waals surface area contributed by atoms with Crippen molar-refractivity contribution in [3.63, 3.8) is 0 Å². The molecule has 25 heavy (non-hydrogen) atoms. The molecule has 0 bridgehead atoms. The van der Waals surface area contributed by atoms with Crippen LogP contribution in [0.1, 0.15) is 42.9 Å². The molecule has 0 fully saturated rings. The molecule has 0 spiro atoms. The van der Waals surface area contributed by atoms with E-state index in [-0.39, 0.29) is 5.91 Å². The monoisotopic (exact) mass is 352 g/mol. The zero-order chi connectivity index (χ0) is 17.8. The number of rotatable bonds is 5. The molecule has 0 saturated carbocycles. The molecule has 1 aliphatic heterocycles. The number of pyridine rings is 1. The van der Waals surface area contributed by atoms with E-state index < -0.39 is 10.5 Å². The number of amides is 1. The summed E-state index contributed by atoms with van der Waals surface area (Å²) >= 11 is 0. The third-order valence-electron chi connectivity index (χ3n) is 4.22. The Balaban J connectivity index is 2.05. The molecule has 5 nitrogen and oxygen atoms in total. The first kappa shape index (κ1) is 17.3. The minimum Gasteiger partial charge on any atom is -0.379 e. The van der Waals surface area contributed by atoms with Gasteiger partial charge in [0.25, 0.3) is 5.91 Å². The quantitative estimate of drug-likeness (QED) is 0.661. The van der Waals surface area contributed by atoms with Crippen molar-refractivity contribution in [2.75, 3.05) is 5.75 Å². The molecule has 1 aromatic heterocycles. The van der Waals surface area contributed by atoms with Crippen LogP contribution in [0.2, 0.25) is 0 Å². The van der Waals surface area contributed by atoms with Gasteiger partial charge in [-0.2, -0.15) is 10.3 Å². The molecule has 1 aromatic carbocycles. The topological polar surface area (TPSA) is 92.1 Å². The number of hydrogen-bond acceptors (Lipinski definition) is 4. The van der Waals surface area contributed by atoms with Crippen molar-refractivity contribution in [3.8, 4) is 6.07 Å². The lowest BCUT2D eigenvalue weighted by Crippen LogP contribution is -2.06. The molecule has 6 heteroatoms. The summed E-state index contributed by atoms with van der Waals surface area (Å²) in [5.41, 5.74) is 9.41. The average Bonchev–Trinajstić information content (AvgIpc) is 2.92. The second-order valence-electron chi connectivity index (χ2n) is 6.03. The largest absolute Gasteiger partial charge is 0.379 e. The summed E-state index contributed by atoms with van der Waals surface area (Å²) in [5, 5.41) is 12.8. The number of fused-ring (bicyclic) bond motifs is 1. The minimum atomic E-state index is -0.449. The van der Waals surface area contributed by atoms with Gasteiger partial charge < -0.3 is 5.73 Å². The number of unbranched alkanes of at least 4 members (excludes halogenated alkanes) is 2. The van der Waals surface area contributed by atoms with Crippen LogP contribution in [0.4, 0.5) is 0 Å². The zero-order valence-electron chi connectivity index (χ0n) is 14.2. The second-order valence-corrected chi connectivity index (χ2v) is 7.83. The van der Waals surface area contributed by atoms with Crippen molar-refractivity contribution >= 4 is 37.8 Å². The fraction of sp³-hybridized carbons (Fsp3) is 0.316. The molecule has 1 amide bonds. The van der Waals surface area contributed by atoms with Crippen molar-refractivity contribution in [1.82, 2.24) is 4.98 Å². The lowest BCUT2D eigenvalue weighted by Gasteiger charge is -2.09. The molecule has 0 radical (unpaired) electrons. The smallest absolute Gasteiger partial charge is 0.258 e. The van der Waals surface area contributed by atoms with Crippen LogP contribution in [-0.4, -0.2) is 27.2 Å². The van der Waals surface area contributed by atoms with Gasteiger partial charge in [0.2, 0.25) is 0 Å². The van der Waals surface area contributed by atoms with Gasteiger partial charge in [-0.3, -0.25) is 9.78 Å². The van der Waals surface area contributed by atoms with Crippen LogP contribution in [0.5, 0.6) is 0 Å². The van der Waals surface area contributed by atoms with Gasteiger partial charge >= 0.3 is 0 Å². The number of nitrogens with zero attached hydrogens (tertiary/aromatic N) is 3. The molecule has 3 rings (SSSR count). The van der Waals surface area contributed by atoms with E-state index in [4.69, 9.17) is 5.73 Å². The number of carbonyl (C=O) groups excluding carboxylic acids is 1. The van der Waals surface area contributed by atoms with E-state index in [9.17, 15) is 10.1 Å². The van der Waals surface area contributed by atoms with Gasteiger partial charge in [0.05, 0.1) is 16.8 Å². The molecule has 0 saturated heterocycles. The van der Waals surface area contributed by atoms with E-state index >= 15 is 0 Å². The molecule has 1 aliphatic rings. The fourth-order valence-corrected chi connectivity index (χ4v) is 4.32. The minimum absolute atomic E-state index is 0.161. The first-order valence-electron chi connectivity index (χ1n) is 8.35. The van der Waals surface area contributed by atoms with Crippen LogP contribution in [0, 0.1) is 11.3 Å². The Kier molecular flexibility index (Phi) is 5.25. The number of aromatic nitrogens is 1. The van der Waals surface area contributed by atoms with Crippen LogP contribution in [-0.2, 0) is 11.2 Å². The molecule has 1 atom stereocenters. The molecule has 2 aromatic rings. The summed E-state index contributed by atoms with van der Waals surface area (Å²) in [6.45, 7) is 2.17. The summed E-state index contributed by atoms with van der Waals surface area (Å²) in [5.74, 6) is 0.190. The molecule has 1 unspecified atom stereocenters. The highest BCUT2D eigenvalue weighted by Crippen LogP contribution is 2.25. The van der Waals surface area contributed by atoms with Crippen LogP contribution in [0.3, 0.4) is 0 Å². The van der Waals surface area contributed by atoms with Crippen molar-refractivity contribution in [3.05, 3.63) is 41.1 Å². The van der Waals surface area contributed by atoms with Crippen LogP contribution >= 0.6 is 10.5 Å².